The monoisotopic (exact) mass is 291 g/mol. The van der Waals surface area contributed by atoms with Crippen molar-refractivity contribution >= 4 is 11.8 Å². The van der Waals surface area contributed by atoms with Crippen LogP contribution in [0.15, 0.2) is 39.8 Å². The maximum absolute atomic E-state index is 6.01. The molecule has 0 aliphatic carbocycles. The molecule has 2 unspecified atom stereocenters. The van der Waals surface area contributed by atoms with Crippen molar-refractivity contribution in [2.24, 2.45) is 11.7 Å². The number of aromatic nitrogens is 2. The van der Waals surface area contributed by atoms with E-state index in [9.17, 15) is 0 Å². The van der Waals surface area contributed by atoms with Crippen molar-refractivity contribution in [1.29, 1.82) is 0 Å². The SMILES string of the molecule is CC(C)C(c1nc(CSc2ccccc2)no1)C(C)N. The molecule has 2 N–H and O–H groups in total. The summed E-state index contributed by atoms with van der Waals surface area (Å²) in [6.45, 7) is 6.22. The normalized spacial score (nSPS) is 14.4. The Balaban J connectivity index is 2.01. The molecule has 1 aromatic carbocycles. The zero-order chi connectivity index (χ0) is 14.5. The van der Waals surface area contributed by atoms with Crippen LogP contribution in [0, 0.1) is 5.92 Å². The van der Waals surface area contributed by atoms with E-state index >= 15 is 0 Å². The van der Waals surface area contributed by atoms with Gasteiger partial charge >= 0.3 is 0 Å². The third kappa shape index (κ3) is 3.84. The smallest absolute Gasteiger partial charge is 0.231 e. The van der Waals surface area contributed by atoms with Crippen molar-refractivity contribution in [3.63, 3.8) is 0 Å². The van der Waals surface area contributed by atoms with Crippen LogP contribution in [-0.4, -0.2) is 16.2 Å². The van der Waals surface area contributed by atoms with Gasteiger partial charge in [0.15, 0.2) is 5.82 Å². The average molecular weight is 291 g/mol. The number of benzene rings is 1. The highest BCUT2D eigenvalue weighted by atomic mass is 32.2. The van der Waals surface area contributed by atoms with Crippen LogP contribution in [0.5, 0.6) is 0 Å². The van der Waals surface area contributed by atoms with Gasteiger partial charge in [0.1, 0.15) is 0 Å². The van der Waals surface area contributed by atoms with Gasteiger partial charge in [0.25, 0.3) is 0 Å². The van der Waals surface area contributed by atoms with E-state index in [1.807, 2.05) is 25.1 Å². The molecule has 0 radical (unpaired) electrons. The zero-order valence-electron chi connectivity index (χ0n) is 12.1. The predicted molar refractivity (Wildman–Crippen MR) is 81.5 cm³/mol. The molecule has 0 bridgehead atoms. The second kappa shape index (κ2) is 6.90. The first kappa shape index (κ1) is 15.1. The van der Waals surface area contributed by atoms with E-state index in [4.69, 9.17) is 10.3 Å². The molecule has 2 aromatic rings. The Hall–Kier alpha value is -1.33. The van der Waals surface area contributed by atoms with E-state index < -0.39 is 0 Å². The third-order valence-electron chi connectivity index (χ3n) is 3.16. The Bertz CT molecular complexity index is 517. The van der Waals surface area contributed by atoms with Crippen molar-refractivity contribution in [2.45, 2.75) is 43.4 Å². The van der Waals surface area contributed by atoms with Crippen LogP contribution >= 0.6 is 11.8 Å². The first-order valence-electron chi connectivity index (χ1n) is 6.84. The van der Waals surface area contributed by atoms with Gasteiger partial charge in [-0.05, 0) is 25.0 Å². The largest absolute Gasteiger partial charge is 0.339 e. The summed E-state index contributed by atoms with van der Waals surface area (Å²) in [7, 11) is 0. The van der Waals surface area contributed by atoms with E-state index in [2.05, 4.69) is 36.1 Å². The maximum Gasteiger partial charge on any atom is 0.231 e. The molecule has 2 atom stereocenters. The summed E-state index contributed by atoms with van der Waals surface area (Å²) in [4.78, 5) is 5.69. The molecular weight excluding hydrogens is 270 g/mol. The topological polar surface area (TPSA) is 64.9 Å². The van der Waals surface area contributed by atoms with E-state index in [0.717, 1.165) is 5.82 Å². The summed E-state index contributed by atoms with van der Waals surface area (Å²) in [5.74, 6) is 2.57. The highest BCUT2D eigenvalue weighted by Crippen LogP contribution is 2.27. The molecule has 4 nitrogen and oxygen atoms in total. The molecule has 1 heterocycles. The first-order valence-corrected chi connectivity index (χ1v) is 7.82. The fraction of sp³-hybridized carbons (Fsp3) is 0.467. The minimum Gasteiger partial charge on any atom is -0.339 e. The highest BCUT2D eigenvalue weighted by molar-refractivity contribution is 7.98. The molecule has 5 heteroatoms. The van der Waals surface area contributed by atoms with Crippen LogP contribution < -0.4 is 5.73 Å². The molecule has 0 spiro atoms. The third-order valence-corrected chi connectivity index (χ3v) is 4.17. The molecule has 0 amide bonds. The lowest BCUT2D eigenvalue weighted by Crippen LogP contribution is -2.28. The van der Waals surface area contributed by atoms with Crippen molar-refractivity contribution in [3.05, 3.63) is 42.0 Å². The van der Waals surface area contributed by atoms with E-state index in [1.165, 1.54) is 4.90 Å². The lowest BCUT2D eigenvalue weighted by atomic mass is 9.90. The summed E-state index contributed by atoms with van der Waals surface area (Å²) in [6, 6.07) is 10.2. The lowest BCUT2D eigenvalue weighted by Gasteiger charge is -2.20. The molecule has 0 fully saturated rings. The van der Waals surface area contributed by atoms with Crippen molar-refractivity contribution in [1.82, 2.24) is 10.1 Å². The van der Waals surface area contributed by atoms with Crippen molar-refractivity contribution in [3.8, 4) is 0 Å². The Labute approximate surface area is 124 Å². The average Bonchev–Trinajstić information content (AvgIpc) is 2.85. The second-order valence-corrected chi connectivity index (χ2v) is 6.33. The number of thioether (sulfide) groups is 1. The number of hydrogen-bond donors (Lipinski definition) is 1. The molecule has 0 aliphatic heterocycles. The Morgan fingerprint density at radius 1 is 1.20 bits per heavy atom. The molecule has 0 aliphatic rings. The van der Waals surface area contributed by atoms with Crippen molar-refractivity contribution < 1.29 is 4.52 Å². The van der Waals surface area contributed by atoms with Crippen LogP contribution in [0.25, 0.3) is 0 Å². The second-order valence-electron chi connectivity index (χ2n) is 5.28. The van der Waals surface area contributed by atoms with Gasteiger partial charge in [-0.3, -0.25) is 0 Å². The molecule has 0 saturated heterocycles. The van der Waals surface area contributed by atoms with E-state index in [0.29, 0.717) is 17.6 Å². The summed E-state index contributed by atoms with van der Waals surface area (Å²) in [5.41, 5.74) is 6.01. The van der Waals surface area contributed by atoms with Crippen molar-refractivity contribution in [2.75, 3.05) is 0 Å². The van der Waals surface area contributed by atoms with Gasteiger partial charge in [-0.25, -0.2) is 0 Å². The van der Waals surface area contributed by atoms with Gasteiger partial charge in [-0.15, -0.1) is 11.8 Å². The quantitative estimate of drug-likeness (QED) is 0.826. The fourth-order valence-corrected chi connectivity index (χ4v) is 3.01. The molecular formula is C15H21N3OS. The highest BCUT2D eigenvalue weighted by Gasteiger charge is 2.26. The van der Waals surface area contributed by atoms with E-state index in [-0.39, 0.29) is 12.0 Å². The van der Waals surface area contributed by atoms with Gasteiger partial charge < -0.3 is 10.3 Å². The minimum atomic E-state index is 0.00470. The van der Waals surface area contributed by atoms with Gasteiger partial charge in [0, 0.05) is 10.9 Å². The van der Waals surface area contributed by atoms with Crippen LogP contribution in [-0.2, 0) is 5.75 Å². The Morgan fingerprint density at radius 2 is 1.90 bits per heavy atom. The number of rotatable bonds is 6. The Kier molecular flexibility index (Phi) is 5.20. The lowest BCUT2D eigenvalue weighted by molar-refractivity contribution is 0.299. The van der Waals surface area contributed by atoms with Crippen LogP contribution in [0.2, 0.25) is 0 Å². The summed E-state index contributed by atoms with van der Waals surface area (Å²) >= 11 is 1.70. The molecule has 0 saturated carbocycles. The minimum absolute atomic E-state index is 0.00470. The number of nitrogens with two attached hydrogens (primary N) is 1. The molecule has 20 heavy (non-hydrogen) atoms. The molecule has 108 valence electrons. The standard InChI is InChI=1S/C15H21N3OS/c1-10(2)14(11(3)16)15-17-13(18-19-15)9-20-12-7-5-4-6-8-12/h4-8,10-11,14H,9,16H2,1-3H3. The summed E-state index contributed by atoms with van der Waals surface area (Å²) in [6.07, 6.45) is 0. The zero-order valence-corrected chi connectivity index (χ0v) is 12.9. The first-order chi connectivity index (χ1) is 9.58. The summed E-state index contributed by atoms with van der Waals surface area (Å²) < 4.78 is 5.38. The molecule has 1 aromatic heterocycles. The van der Waals surface area contributed by atoms with Gasteiger partial charge in [0.05, 0.1) is 11.7 Å². The van der Waals surface area contributed by atoms with Gasteiger partial charge in [-0.1, -0.05) is 37.2 Å². The fourth-order valence-electron chi connectivity index (χ4n) is 2.24. The van der Waals surface area contributed by atoms with Crippen LogP contribution in [0.4, 0.5) is 0 Å². The van der Waals surface area contributed by atoms with Crippen LogP contribution in [0.1, 0.15) is 38.4 Å². The Morgan fingerprint density at radius 3 is 2.50 bits per heavy atom. The van der Waals surface area contributed by atoms with Gasteiger partial charge in [-0.2, -0.15) is 4.98 Å². The van der Waals surface area contributed by atoms with E-state index in [1.54, 1.807) is 11.8 Å². The maximum atomic E-state index is 6.01. The van der Waals surface area contributed by atoms with Crippen LogP contribution in [0.3, 0.4) is 0 Å². The van der Waals surface area contributed by atoms with Gasteiger partial charge in [0.2, 0.25) is 5.89 Å². The number of hydrogen-bond acceptors (Lipinski definition) is 5. The molecule has 2 rings (SSSR count). The summed E-state index contributed by atoms with van der Waals surface area (Å²) in [5, 5.41) is 4.05. The predicted octanol–water partition coefficient (Wildman–Crippen LogP) is 3.45. The number of nitrogens with zero attached hydrogens (tertiary/aromatic N) is 2.